The molecule has 1 N–H and O–H groups in total. The number of aromatic nitrogens is 2. The van der Waals surface area contributed by atoms with Crippen LogP contribution in [-0.4, -0.2) is 33.9 Å². The highest BCUT2D eigenvalue weighted by molar-refractivity contribution is 7.99. The topological polar surface area (TPSA) is 73.2 Å². The average Bonchev–Trinajstić information content (AvgIpc) is 3.75. The molecule has 3 aliphatic carbocycles. The zero-order valence-corrected chi connectivity index (χ0v) is 21.0. The summed E-state index contributed by atoms with van der Waals surface area (Å²) >= 11 is 2.99. The van der Waals surface area contributed by atoms with Gasteiger partial charge in [-0.25, -0.2) is 4.98 Å². The smallest absolute Gasteiger partial charge is 0.267 e. The number of nitrogens with one attached hydrogen (secondary N) is 1. The molecular weight excluding hydrogens is 466 g/mol. The Hall–Kier alpha value is -2.32. The molecule has 1 aromatic carbocycles. The number of hydrogen-bond donors (Lipinski definition) is 1. The van der Waals surface area contributed by atoms with Gasteiger partial charge in [-0.2, -0.15) is 0 Å². The number of nitrogens with zero attached hydrogens (tertiary/aromatic N) is 2. The number of benzene rings is 1. The lowest BCUT2D eigenvalue weighted by atomic mass is 10.1. The molecule has 2 heterocycles. The standard InChI is InChI=1S/C26H29N3O3S2/c1-2-32-18-12-10-17(11-13-18)29-25(31)22-19-4-3-5-20(19)34-24(22)28-26(29)33-14-21(30)27-23(15-6-7-15)16-8-9-16/h10-13,15-16,23H,2-9,14H2,1H3,(H,27,30). The van der Waals surface area contributed by atoms with Gasteiger partial charge in [0.25, 0.3) is 5.56 Å². The van der Waals surface area contributed by atoms with Crippen LogP contribution < -0.4 is 15.6 Å². The summed E-state index contributed by atoms with van der Waals surface area (Å²) < 4.78 is 7.26. The molecule has 178 valence electrons. The van der Waals surface area contributed by atoms with Gasteiger partial charge < -0.3 is 10.1 Å². The highest BCUT2D eigenvalue weighted by atomic mass is 32.2. The Morgan fingerprint density at radius 2 is 1.94 bits per heavy atom. The zero-order valence-electron chi connectivity index (χ0n) is 19.3. The molecule has 34 heavy (non-hydrogen) atoms. The predicted octanol–water partition coefficient (Wildman–Crippen LogP) is 4.73. The molecule has 0 bridgehead atoms. The van der Waals surface area contributed by atoms with Gasteiger partial charge in [-0.3, -0.25) is 14.2 Å². The molecule has 2 saturated carbocycles. The van der Waals surface area contributed by atoms with Crippen molar-refractivity contribution in [3.63, 3.8) is 0 Å². The van der Waals surface area contributed by atoms with Crippen LogP contribution in [0.2, 0.25) is 0 Å². The lowest BCUT2D eigenvalue weighted by Gasteiger charge is -2.18. The van der Waals surface area contributed by atoms with Crippen LogP contribution in [-0.2, 0) is 17.6 Å². The van der Waals surface area contributed by atoms with Crippen molar-refractivity contribution in [3.05, 3.63) is 45.1 Å². The van der Waals surface area contributed by atoms with Gasteiger partial charge in [-0.1, -0.05) is 11.8 Å². The second-order valence-corrected chi connectivity index (χ2v) is 11.6. The molecule has 1 amide bonds. The maximum absolute atomic E-state index is 13.8. The van der Waals surface area contributed by atoms with Crippen molar-refractivity contribution in [1.82, 2.24) is 14.9 Å². The van der Waals surface area contributed by atoms with Crippen molar-refractivity contribution in [1.29, 1.82) is 0 Å². The van der Waals surface area contributed by atoms with Gasteiger partial charge in [-0.05, 0) is 93.5 Å². The number of carbonyl (C=O) groups excluding carboxylic acids is 1. The van der Waals surface area contributed by atoms with E-state index in [9.17, 15) is 9.59 Å². The highest BCUT2D eigenvalue weighted by Gasteiger charge is 2.42. The van der Waals surface area contributed by atoms with Crippen molar-refractivity contribution >= 4 is 39.2 Å². The Kier molecular flexibility index (Phi) is 5.89. The lowest BCUT2D eigenvalue weighted by Crippen LogP contribution is -2.39. The van der Waals surface area contributed by atoms with E-state index in [-0.39, 0.29) is 17.2 Å². The molecule has 0 aliphatic heterocycles. The number of thioether (sulfide) groups is 1. The van der Waals surface area contributed by atoms with Gasteiger partial charge in [0.2, 0.25) is 5.91 Å². The van der Waals surface area contributed by atoms with Gasteiger partial charge in [0, 0.05) is 10.9 Å². The summed E-state index contributed by atoms with van der Waals surface area (Å²) in [5, 5.41) is 4.61. The largest absolute Gasteiger partial charge is 0.494 e. The summed E-state index contributed by atoms with van der Waals surface area (Å²) in [5.41, 5.74) is 1.88. The molecule has 2 fully saturated rings. The summed E-state index contributed by atoms with van der Waals surface area (Å²) in [4.78, 5) is 33.6. The van der Waals surface area contributed by atoms with E-state index in [2.05, 4.69) is 5.32 Å². The Labute approximate surface area is 207 Å². The molecule has 2 aromatic heterocycles. The first-order valence-electron chi connectivity index (χ1n) is 12.3. The van der Waals surface area contributed by atoms with Crippen LogP contribution >= 0.6 is 23.1 Å². The second kappa shape index (κ2) is 9.04. The maximum Gasteiger partial charge on any atom is 0.267 e. The van der Waals surface area contributed by atoms with E-state index in [1.165, 1.54) is 47.9 Å². The average molecular weight is 496 g/mol. The maximum atomic E-state index is 13.8. The number of carbonyl (C=O) groups is 1. The minimum atomic E-state index is -0.0368. The molecule has 0 saturated heterocycles. The molecule has 3 aliphatic rings. The summed E-state index contributed by atoms with van der Waals surface area (Å²) in [5.74, 6) is 2.38. The van der Waals surface area contributed by atoms with E-state index in [0.717, 1.165) is 40.9 Å². The van der Waals surface area contributed by atoms with E-state index in [0.29, 0.717) is 29.6 Å². The summed E-state index contributed by atoms with van der Waals surface area (Å²) in [6.45, 7) is 2.54. The number of fused-ring (bicyclic) bond motifs is 3. The van der Waals surface area contributed by atoms with Crippen LogP contribution in [0, 0.1) is 11.8 Å². The molecule has 8 heteroatoms. The Morgan fingerprint density at radius 3 is 2.62 bits per heavy atom. The fourth-order valence-electron chi connectivity index (χ4n) is 5.10. The fraction of sp³-hybridized carbons (Fsp3) is 0.500. The number of ether oxygens (including phenoxy) is 1. The molecular formula is C26H29N3O3S2. The third-order valence-electron chi connectivity index (χ3n) is 7.03. The summed E-state index contributed by atoms with van der Waals surface area (Å²) in [7, 11) is 0. The minimum Gasteiger partial charge on any atom is -0.494 e. The van der Waals surface area contributed by atoms with Crippen molar-refractivity contribution in [2.24, 2.45) is 11.8 Å². The van der Waals surface area contributed by atoms with Crippen LogP contribution in [0.25, 0.3) is 15.9 Å². The second-order valence-electron chi connectivity index (χ2n) is 9.56. The van der Waals surface area contributed by atoms with Crippen molar-refractivity contribution in [2.45, 2.75) is 63.1 Å². The molecule has 0 unspecified atom stereocenters. The minimum absolute atomic E-state index is 0.0368. The first-order chi connectivity index (χ1) is 16.6. The van der Waals surface area contributed by atoms with E-state index in [1.807, 2.05) is 31.2 Å². The number of rotatable bonds is 9. The van der Waals surface area contributed by atoms with Crippen LogP contribution in [0.1, 0.15) is 49.5 Å². The molecule has 0 radical (unpaired) electrons. The molecule has 3 aromatic rings. The molecule has 0 spiro atoms. The molecule has 6 rings (SSSR count). The monoisotopic (exact) mass is 495 g/mol. The van der Waals surface area contributed by atoms with Gasteiger partial charge in [0.1, 0.15) is 10.6 Å². The van der Waals surface area contributed by atoms with Crippen LogP contribution in [0.4, 0.5) is 0 Å². The van der Waals surface area contributed by atoms with Gasteiger partial charge >= 0.3 is 0 Å². The Morgan fingerprint density at radius 1 is 1.21 bits per heavy atom. The molecule has 6 nitrogen and oxygen atoms in total. The SMILES string of the molecule is CCOc1ccc(-n2c(SCC(=O)NC(C3CC3)C3CC3)nc3sc4c(c3c2=O)CCC4)cc1. The van der Waals surface area contributed by atoms with Gasteiger partial charge in [0.15, 0.2) is 5.16 Å². The van der Waals surface area contributed by atoms with Crippen LogP contribution in [0.5, 0.6) is 5.75 Å². The van der Waals surface area contributed by atoms with E-state index >= 15 is 0 Å². The van der Waals surface area contributed by atoms with E-state index < -0.39 is 0 Å². The van der Waals surface area contributed by atoms with Crippen LogP contribution in [0.15, 0.2) is 34.2 Å². The van der Waals surface area contributed by atoms with E-state index in [4.69, 9.17) is 9.72 Å². The first kappa shape index (κ1) is 22.2. The lowest BCUT2D eigenvalue weighted by molar-refractivity contribution is -0.119. The third-order valence-corrected chi connectivity index (χ3v) is 9.16. The van der Waals surface area contributed by atoms with E-state index in [1.54, 1.807) is 15.9 Å². The predicted molar refractivity (Wildman–Crippen MR) is 137 cm³/mol. The van der Waals surface area contributed by atoms with Gasteiger partial charge in [-0.15, -0.1) is 11.3 Å². The third kappa shape index (κ3) is 4.26. The highest BCUT2D eigenvalue weighted by Crippen LogP contribution is 2.44. The molecule has 0 atom stereocenters. The Bertz CT molecular complexity index is 1280. The number of hydrogen-bond acceptors (Lipinski definition) is 6. The summed E-state index contributed by atoms with van der Waals surface area (Å²) in [6, 6.07) is 7.88. The number of thiophene rings is 1. The number of aryl methyl sites for hydroxylation is 2. The number of amides is 1. The summed E-state index contributed by atoms with van der Waals surface area (Å²) in [6.07, 6.45) is 7.97. The quantitative estimate of drug-likeness (QED) is 0.343. The van der Waals surface area contributed by atoms with Crippen molar-refractivity contribution in [2.75, 3.05) is 12.4 Å². The normalized spacial score (nSPS) is 17.4. The zero-order chi connectivity index (χ0) is 23.2. The van der Waals surface area contributed by atoms with Crippen molar-refractivity contribution in [3.8, 4) is 11.4 Å². The Balaban J connectivity index is 1.32. The first-order valence-corrected chi connectivity index (χ1v) is 14.1. The van der Waals surface area contributed by atoms with Crippen LogP contribution in [0.3, 0.4) is 0 Å². The van der Waals surface area contributed by atoms with Gasteiger partial charge in [0.05, 0.1) is 23.4 Å². The van der Waals surface area contributed by atoms with Crippen molar-refractivity contribution < 1.29 is 9.53 Å². The fourth-order valence-corrected chi connectivity index (χ4v) is 7.22.